The molecule has 1 aliphatic heterocycles. The quantitative estimate of drug-likeness (QED) is 0.482. The zero-order valence-electron chi connectivity index (χ0n) is 7.16. The summed E-state index contributed by atoms with van der Waals surface area (Å²) in [5.74, 6) is -0.737. The SMILES string of the molecule is CC1CC(=O)N(CC(Cl)C#N)C1=O. The molecule has 4 nitrogen and oxygen atoms in total. The van der Waals surface area contributed by atoms with Gasteiger partial charge in [0.1, 0.15) is 5.38 Å². The highest BCUT2D eigenvalue weighted by molar-refractivity contribution is 6.22. The van der Waals surface area contributed by atoms with Crippen LogP contribution in [0.15, 0.2) is 0 Å². The first kappa shape index (κ1) is 10.0. The van der Waals surface area contributed by atoms with Crippen LogP contribution in [-0.4, -0.2) is 28.6 Å². The molecule has 0 N–H and O–H groups in total. The molecule has 1 heterocycles. The third kappa shape index (κ3) is 1.99. The van der Waals surface area contributed by atoms with E-state index in [9.17, 15) is 9.59 Å². The summed E-state index contributed by atoms with van der Waals surface area (Å²) in [4.78, 5) is 23.5. The minimum absolute atomic E-state index is 0.0000617. The number of rotatable bonds is 2. The number of hydrogen-bond acceptors (Lipinski definition) is 3. The van der Waals surface area contributed by atoms with E-state index in [0.717, 1.165) is 4.90 Å². The molecule has 2 atom stereocenters. The van der Waals surface area contributed by atoms with Crippen molar-refractivity contribution < 1.29 is 9.59 Å². The summed E-state index contributed by atoms with van der Waals surface area (Å²) in [6.45, 7) is 1.69. The van der Waals surface area contributed by atoms with E-state index in [2.05, 4.69) is 0 Å². The molecule has 1 aliphatic rings. The second-order valence-corrected chi connectivity index (χ2v) is 3.57. The number of alkyl halides is 1. The van der Waals surface area contributed by atoms with Crippen LogP contribution in [0, 0.1) is 17.2 Å². The van der Waals surface area contributed by atoms with Gasteiger partial charge in [-0.1, -0.05) is 6.92 Å². The van der Waals surface area contributed by atoms with Crippen molar-refractivity contribution in [1.29, 1.82) is 5.26 Å². The maximum absolute atomic E-state index is 11.3. The van der Waals surface area contributed by atoms with E-state index in [1.54, 1.807) is 13.0 Å². The van der Waals surface area contributed by atoms with Crippen LogP contribution in [0.5, 0.6) is 0 Å². The van der Waals surface area contributed by atoms with Crippen LogP contribution in [0.3, 0.4) is 0 Å². The number of nitrogens with zero attached hydrogens (tertiary/aromatic N) is 2. The molecule has 70 valence electrons. The second kappa shape index (κ2) is 3.75. The normalized spacial score (nSPS) is 24.7. The van der Waals surface area contributed by atoms with E-state index in [4.69, 9.17) is 16.9 Å². The highest BCUT2D eigenvalue weighted by Gasteiger charge is 2.36. The van der Waals surface area contributed by atoms with Gasteiger partial charge in [-0.3, -0.25) is 14.5 Å². The van der Waals surface area contributed by atoms with E-state index in [0.29, 0.717) is 0 Å². The molecular formula is C8H9ClN2O2. The van der Waals surface area contributed by atoms with Crippen LogP contribution in [-0.2, 0) is 9.59 Å². The first-order valence-electron chi connectivity index (χ1n) is 3.94. The Morgan fingerprint density at radius 3 is 2.77 bits per heavy atom. The van der Waals surface area contributed by atoms with Crippen molar-refractivity contribution >= 4 is 23.4 Å². The Balaban J connectivity index is 2.65. The van der Waals surface area contributed by atoms with Gasteiger partial charge in [0.15, 0.2) is 0 Å². The van der Waals surface area contributed by atoms with Crippen LogP contribution in [0.4, 0.5) is 0 Å². The van der Waals surface area contributed by atoms with Gasteiger partial charge in [0, 0.05) is 12.3 Å². The molecule has 1 saturated heterocycles. The van der Waals surface area contributed by atoms with Gasteiger partial charge < -0.3 is 0 Å². The molecule has 1 rings (SSSR count). The van der Waals surface area contributed by atoms with E-state index in [1.807, 2.05) is 0 Å². The van der Waals surface area contributed by atoms with Crippen molar-refractivity contribution in [3.8, 4) is 6.07 Å². The minimum atomic E-state index is -0.807. The molecule has 0 radical (unpaired) electrons. The van der Waals surface area contributed by atoms with Crippen molar-refractivity contribution in [2.45, 2.75) is 18.7 Å². The van der Waals surface area contributed by atoms with Crippen molar-refractivity contribution in [3.05, 3.63) is 0 Å². The monoisotopic (exact) mass is 200 g/mol. The lowest BCUT2D eigenvalue weighted by Crippen LogP contribution is -2.35. The van der Waals surface area contributed by atoms with Gasteiger partial charge in [-0.2, -0.15) is 5.26 Å². The first-order valence-corrected chi connectivity index (χ1v) is 4.37. The van der Waals surface area contributed by atoms with Crippen molar-refractivity contribution in [2.24, 2.45) is 5.92 Å². The fourth-order valence-electron chi connectivity index (χ4n) is 1.24. The van der Waals surface area contributed by atoms with Crippen LogP contribution >= 0.6 is 11.6 Å². The molecule has 0 aromatic heterocycles. The summed E-state index contributed by atoms with van der Waals surface area (Å²) in [6, 6.07) is 1.77. The molecule has 5 heteroatoms. The summed E-state index contributed by atoms with van der Waals surface area (Å²) in [6.07, 6.45) is 0.230. The smallest absolute Gasteiger partial charge is 0.232 e. The van der Waals surface area contributed by atoms with E-state index >= 15 is 0 Å². The largest absolute Gasteiger partial charge is 0.280 e. The van der Waals surface area contributed by atoms with Gasteiger partial charge in [-0.05, 0) is 0 Å². The van der Waals surface area contributed by atoms with Gasteiger partial charge in [-0.15, -0.1) is 11.6 Å². The van der Waals surface area contributed by atoms with Gasteiger partial charge in [-0.25, -0.2) is 0 Å². The average Bonchev–Trinajstić information content (AvgIpc) is 2.32. The maximum Gasteiger partial charge on any atom is 0.232 e. The Hall–Kier alpha value is -1.08. The van der Waals surface area contributed by atoms with Crippen molar-refractivity contribution in [2.75, 3.05) is 6.54 Å². The third-order valence-electron chi connectivity index (χ3n) is 1.95. The number of carbonyl (C=O) groups is 2. The Kier molecular flexibility index (Phi) is 2.89. The molecule has 0 aromatic rings. The lowest BCUT2D eigenvalue weighted by molar-refractivity contribution is -0.139. The Bertz CT molecular complexity index is 284. The fourth-order valence-corrected chi connectivity index (χ4v) is 1.38. The van der Waals surface area contributed by atoms with E-state index < -0.39 is 5.38 Å². The van der Waals surface area contributed by atoms with E-state index in [-0.39, 0.29) is 30.7 Å². The zero-order valence-corrected chi connectivity index (χ0v) is 7.91. The minimum Gasteiger partial charge on any atom is -0.280 e. The number of carbonyl (C=O) groups excluding carboxylic acids is 2. The number of hydrogen-bond donors (Lipinski definition) is 0. The average molecular weight is 201 g/mol. The summed E-state index contributed by atoms with van der Waals surface area (Å²) in [5, 5.41) is 7.60. The third-order valence-corrected chi connectivity index (χ3v) is 2.19. The standard InChI is InChI=1S/C8H9ClN2O2/c1-5-2-7(12)11(8(5)13)4-6(9)3-10/h5-6H,2,4H2,1H3. The molecule has 0 aromatic carbocycles. The Labute approximate surface area is 81.1 Å². The van der Waals surface area contributed by atoms with Crippen LogP contribution in [0.25, 0.3) is 0 Å². The number of likely N-dealkylation sites (tertiary alicyclic amines) is 1. The molecule has 0 bridgehead atoms. The van der Waals surface area contributed by atoms with Crippen LogP contribution < -0.4 is 0 Å². The molecular weight excluding hydrogens is 192 g/mol. The number of halogens is 1. The predicted octanol–water partition coefficient (Wildman–Crippen LogP) is 0.512. The Morgan fingerprint density at radius 1 is 1.77 bits per heavy atom. The number of nitriles is 1. The molecule has 0 saturated carbocycles. The molecule has 2 unspecified atom stereocenters. The van der Waals surface area contributed by atoms with E-state index in [1.165, 1.54) is 0 Å². The lowest BCUT2D eigenvalue weighted by atomic mass is 10.1. The molecule has 1 fully saturated rings. The van der Waals surface area contributed by atoms with Crippen LogP contribution in [0.2, 0.25) is 0 Å². The Morgan fingerprint density at radius 2 is 2.38 bits per heavy atom. The maximum atomic E-state index is 11.3. The molecule has 0 spiro atoms. The van der Waals surface area contributed by atoms with Crippen molar-refractivity contribution in [1.82, 2.24) is 4.90 Å². The van der Waals surface area contributed by atoms with Gasteiger partial charge in [0.25, 0.3) is 0 Å². The second-order valence-electron chi connectivity index (χ2n) is 3.04. The highest BCUT2D eigenvalue weighted by Crippen LogP contribution is 2.19. The lowest BCUT2D eigenvalue weighted by Gasteiger charge is -2.13. The summed E-state index contributed by atoms with van der Waals surface area (Å²) in [5.41, 5.74) is 0. The summed E-state index contributed by atoms with van der Waals surface area (Å²) in [7, 11) is 0. The van der Waals surface area contributed by atoms with Gasteiger partial charge >= 0.3 is 0 Å². The fraction of sp³-hybridized carbons (Fsp3) is 0.625. The first-order chi connectivity index (χ1) is 6.06. The number of imide groups is 1. The van der Waals surface area contributed by atoms with Gasteiger partial charge in [0.05, 0.1) is 12.6 Å². The van der Waals surface area contributed by atoms with Gasteiger partial charge in [0.2, 0.25) is 11.8 Å². The molecule has 2 amide bonds. The highest BCUT2D eigenvalue weighted by atomic mass is 35.5. The molecule has 0 aliphatic carbocycles. The predicted molar refractivity (Wildman–Crippen MR) is 45.8 cm³/mol. The van der Waals surface area contributed by atoms with Crippen molar-refractivity contribution in [3.63, 3.8) is 0 Å². The number of amides is 2. The summed E-state index contributed by atoms with van der Waals surface area (Å²) < 4.78 is 0. The zero-order chi connectivity index (χ0) is 10.0. The summed E-state index contributed by atoms with van der Waals surface area (Å²) >= 11 is 5.52. The topological polar surface area (TPSA) is 61.2 Å². The molecule has 13 heavy (non-hydrogen) atoms. The van der Waals surface area contributed by atoms with Crippen LogP contribution in [0.1, 0.15) is 13.3 Å².